The van der Waals surface area contributed by atoms with Crippen LogP contribution in [0.2, 0.25) is 0 Å². The van der Waals surface area contributed by atoms with Crippen LogP contribution in [0.1, 0.15) is 0 Å². The first kappa shape index (κ1) is 19.4. The number of carbonyl (C=O) groups is 2. The summed E-state index contributed by atoms with van der Waals surface area (Å²) in [5, 5.41) is 30.5. The second kappa shape index (κ2) is 12.8. The summed E-state index contributed by atoms with van der Waals surface area (Å²) in [4.78, 5) is 26.0. The topological polar surface area (TPSA) is 136 Å². The summed E-state index contributed by atoms with van der Waals surface area (Å²) < 4.78 is 10.9. The number of carboxylic acid groups (broad SMARTS) is 1. The van der Waals surface area contributed by atoms with E-state index in [1.807, 2.05) is 0 Å². The summed E-state index contributed by atoms with van der Waals surface area (Å²) in [5.41, 5.74) is 0. The third-order valence-corrected chi connectivity index (χ3v) is 0.354. The van der Waals surface area contributed by atoms with Crippen LogP contribution >= 0.6 is 0 Å². The van der Waals surface area contributed by atoms with Crippen molar-refractivity contribution >= 4 is 19.3 Å². The summed E-state index contributed by atoms with van der Waals surface area (Å²) in [7, 11) is -2.42. The summed E-state index contributed by atoms with van der Waals surface area (Å²) in [6, 6.07) is 0. The van der Waals surface area contributed by atoms with Crippen LogP contribution in [0.4, 0.5) is 4.39 Å². The summed E-state index contributed by atoms with van der Waals surface area (Å²) in [6.45, 7) is -1.36. The third kappa shape index (κ3) is 22.6. The van der Waals surface area contributed by atoms with Crippen LogP contribution in [-0.2, 0) is 19.4 Å². The van der Waals surface area contributed by atoms with E-state index in [1.165, 1.54) is 0 Å². The summed E-state index contributed by atoms with van der Waals surface area (Å²) in [6.07, 6.45) is 0. The standard InChI is InChI=1S/C3H3FO5.BH2O3.Na/c4-1-8-9-3(7)2(5)6;2-1(3)4;/h1H2,(H,5,6);2-3H;/q;-1;+1. The number of alkyl halides is 1. The van der Waals surface area contributed by atoms with Gasteiger partial charge in [0.2, 0.25) is 6.86 Å². The van der Waals surface area contributed by atoms with E-state index < -0.39 is 26.1 Å². The first-order valence-corrected chi connectivity index (χ1v) is 2.56. The number of aliphatic carboxylic acids is 1. The van der Waals surface area contributed by atoms with Crippen molar-refractivity contribution in [2.24, 2.45) is 0 Å². The normalized spacial score (nSPS) is 7.43. The summed E-state index contributed by atoms with van der Waals surface area (Å²) in [5.74, 6) is -3.48. The van der Waals surface area contributed by atoms with Gasteiger partial charge in [0.1, 0.15) is 0 Å². The first-order valence-electron chi connectivity index (χ1n) is 2.56. The number of carboxylic acids is 1. The molecule has 0 aromatic heterocycles. The van der Waals surface area contributed by atoms with Gasteiger partial charge in [-0.2, -0.15) is 4.89 Å². The van der Waals surface area contributed by atoms with Crippen molar-refractivity contribution in [3.8, 4) is 0 Å². The fraction of sp³-hybridized carbons (Fsp3) is 0.333. The van der Waals surface area contributed by atoms with E-state index in [1.54, 1.807) is 0 Å². The van der Waals surface area contributed by atoms with Crippen LogP contribution in [-0.4, -0.2) is 41.3 Å². The van der Waals surface area contributed by atoms with Crippen molar-refractivity contribution < 1.29 is 73.5 Å². The van der Waals surface area contributed by atoms with Gasteiger partial charge in [-0.25, -0.2) is 14.0 Å². The molecule has 0 aliphatic rings. The van der Waals surface area contributed by atoms with E-state index in [4.69, 9.17) is 20.2 Å². The van der Waals surface area contributed by atoms with Crippen LogP contribution in [0.15, 0.2) is 0 Å². The maximum Gasteiger partial charge on any atom is 1.00 e. The molecule has 0 radical (unpaired) electrons. The van der Waals surface area contributed by atoms with E-state index in [0.717, 1.165) is 0 Å². The van der Waals surface area contributed by atoms with Gasteiger partial charge >= 0.3 is 48.8 Å². The van der Waals surface area contributed by atoms with E-state index in [0.29, 0.717) is 0 Å². The fourth-order valence-electron chi connectivity index (χ4n) is 0.111. The molecule has 0 aliphatic carbocycles. The molecular weight excluding hydrogens is 217 g/mol. The van der Waals surface area contributed by atoms with Crippen molar-refractivity contribution in [2.75, 3.05) is 6.86 Å². The molecule has 76 valence electrons. The quantitative estimate of drug-likeness (QED) is 0.181. The third-order valence-electron chi connectivity index (χ3n) is 0.354. The minimum absolute atomic E-state index is 0. The molecule has 0 aliphatic heterocycles. The summed E-state index contributed by atoms with van der Waals surface area (Å²) >= 11 is 0. The first-order chi connectivity index (χ1) is 5.91. The van der Waals surface area contributed by atoms with Crippen molar-refractivity contribution in [2.45, 2.75) is 0 Å². The van der Waals surface area contributed by atoms with Crippen molar-refractivity contribution in [1.82, 2.24) is 0 Å². The maximum absolute atomic E-state index is 10.9. The number of hydrogen-bond donors (Lipinski definition) is 3. The van der Waals surface area contributed by atoms with Gasteiger partial charge in [0.25, 0.3) is 0 Å². The Balaban J connectivity index is -0.000000209. The molecule has 3 N–H and O–H groups in total. The Morgan fingerprint density at radius 3 is 2.00 bits per heavy atom. The van der Waals surface area contributed by atoms with Gasteiger partial charge in [-0.15, -0.1) is 0 Å². The molecule has 11 heteroatoms. The number of hydrogen-bond acceptors (Lipinski definition) is 7. The van der Waals surface area contributed by atoms with Gasteiger partial charge in [0, 0.05) is 0 Å². The van der Waals surface area contributed by atoms with Gasteiger partial charge in [0.15, 0.2) is 0 Å². The van der Waals surface area contributed by atoms with Crippen LogP contribution in [0.3, 0.4) is 0 Å². The zero-order valence-corrected chi connectivity index (χ0v) is 9.05. The molecule has 14 heavy (non-hydrogen) atoms. The van der Waals surface area contributed by atoms with Gasteiger partial charge in [0.05, 0.1) is 0 Å². The Hall–Kier alpha value is -0.225. The molecule has 0 fully saturated rings. The van der Waals surface area contributed by atoms with Crippen LogP contribution in [0.5, 0.6) is 0 Å². The molecule has 0 spiro atoms. The van der Waals surface area contributed by atoms with Gasteiger partial charge < -0.3 is 20.2 Å². The molecular formula is C3H5BFNaO8. The van der Waals surface area contributed by atoms with E-state index in [2.05, 4.69) is 9.78 Å². The molecule has 8 nitrogen and oxygen atoms in total. The van der Waals surface area contributed by atoms with E-state index in [-0.39, 0.29) is 29.6 Å². The van der Waals surface area contributed by atoms with E-state index >= 15 is 0 Å². The monoisotopic (exact) mass is 222 g/mol. The Labute approximate surface area is 99.6 Å². The number of rotatable bonds is 2. The zero-order valence-electron chi connectivity index (χ0n) is 7.05. The minimum Gasteiger partial charge on any atom is -0.832 e. The zero-order chi connectivity index (χ0) is 10.9. The molecule has 0 aromatic carbocycles. The molecule has 0 bridgehead atoms. The molecule has 0 atom stereocenters. The molecule has 0 aromatic rings. The van der Waals surface area contributed by atoms with Gasteiger partial charge in [-0.1, -0.05) is 0 Å². The predicted octanol–water partition coefficient (Wildman–Crippen LogP) is -6.21. The Morgan fingerprint density at radius 1 is 1.43 bits per heavy atom. The number of halogens is 1. The predicted molar refractivity (Wildman–Crippen MR) is 31.0 cm³/mol. The Kier molecular flexibility index (Phi) is 17.7. The molecule has 0 saturated heterocycles. The second-order valence-electron chi connectivity index (χ2n) is 1.23. The average molecular weight is 222 g/mol. The Morgan fingerprint density at radius 2 is 1.79 bits per heavy atom. The molecule has 0 heterocycles. The van der Waals surface area contributed by atoms with Crippen LogP contribution < -0.4 is 34.6 Å². The minimum atomic E-state index is -2.42. The number of carbonyl (C=O) groups excluding carboxylic acids is 1. The van der Waals surface area contributed by atoms with Crippen molar-refractivity contribution in [1.29, 1.82) is 0 Å². The largest absolute Gasteiger partial charge is 1.00 e. The molecule has 0 amide bonds. The SMILES string of the molecule is O=C(O)C(=O)OOCF.[Na+].[O-]B(O)O. The van der Waals surface area contributed by atoms with Crippen molar-refractivity contribution in [3.63, 3.8) is 0 Å². The smallest absolute Gasteiger partial charge is 0.832 e. The van der Waals surface area contributed by atoms with E-state index in [9.17, 15) is 14.0 Å². The molecule has 0 rings (SSSR count). The molecule has 0 saturated carbocycles. The fourth-order valence-corrected chi connectivity index (χ4v) is 0.111. The van der Waals surface area contributed by atoms with Crippen molar-refractivity contribution in [3.05, 3.63) is 0 Å². The van der Waals surface area contributed by atoms with Crippen LogP contribution in [0.25, 0.3) is 0 Å². The second-order valence-corrected chi connectivity index (χ2v) is 1.23. The molecule has 0 unspecified atom stereocenters. The maximum atomic E-state index is 10.9. The van der Waals surface area contributed by atoms with Gasteiger partial charge in [-0.05, 0) is 0 Å². The average Bonchev–Trinajstić information content (AvgIpc) is 1.98. The van der Waals surface area contributed by atoms with Gasteiger partial charge in [-0.3, -0.25) is 4.89 Å². The van der Waals surface area contributed by atoms with Crippen LogP contribution in [0, 0.1) is 0 Å². The Bertz CT molecular complexity index is 162.